The van der Waals surface area contributed by atoms with E-state index >= 15 is 0 Å². The molecule has 0 spiro atoms. The van der Waals surface area contributed by atoms with Crippen LogP contribution in [0.1, 0.15) is 11.7 Å². The van der Waals surface area contributed by atoms with Crippen molar-refractivity contribution in [1.29, 1.82) is 0 Å². The molecule has 0 aliphatic rings. The van der Waals surface area contributed by atoms with E-state index in [-0.39, 0.29) is 5.82 Å². The molecule has 0 amide bonds. The predicted molar refractivity (Wildman–Crippen MR) is 56.1 cm³/mol. The summed E-state index contributed by atoms with van der Waals surface area (Å²) in [6, 6.07) is 3.94. The molecule has 0 aromatic heterocycles. The van der Waals surface area contributed by atoms with Crippen molar-refractivity contribution in [2.75, 3.05) is 7.11 Å². The molecule has 0 aliphatic carbocycles. The molecule has 1 N–H and O–H groups in total. The third-order valence-corrected chi connectivity index (χ3v) is 2.51. The van der Waals surface area contributed by atoms with Gasteiger partial charge in [0.2, 0.25) is 0 Å². The van der Waals surface area contributed by atoms with Crippen LogP contribution in [0.5, 0.6) is 0 Å². The van der Waals surface area contributed by atoms with Crippen molar-refractivity contribution in [1.82, 2.24) is 0 Å². The Morgan fingerprint density at radius 3 is 2.79 bits per heavy atom. The van der Waals surface area contributed by atoms with Gasteiger partial charge in [0, 0.05) is 3.57 Å². The van der Waals surface area contributed by atoms with Crippen LogP contribution in [0, 0.1) is 9.39 Å². The lowest BCUT2D eigenvalue weighted by Crippen LogP contribution is -2.13. The molecule has 1 rings (SSSR count). The zero-order chi connectivity index (χ0) is 10.7. The highest BCUT2D eigenvalue weighted by atomic mass is 127. The quantitative estimate of drug-likeness (QED) is 0.667. The van der Waals surface area contributed by atoms with E-state index in [1.807, 2.05) is 0 Å². The molecule has 3 nitrogen and oxygen atoms in total. The molecule has 0 fully saturated rings. The average molecular weight is 310 g/mol. The van der Waals surface area contributed by atoms with Crippen molar-refractivity contribution in [3.05, 3.63) is 33.1 Å². The van der Waals surface area contributed by atoms with E-state index in [1.165, 1.54) is 25.3 Å². The van der Waals surface area contributed by atoms with Crippen LogP contribution in [0.4, 0.5) is 4.39 Å². The van der Waals surface area contributed by atoms with E-state index in [0.29, 0.717) is 9.13 Å². The van der Waals surface area contributed by atoms with Gasteiger partial charge in [-0.05, 0) is 40.3 Å². The summed E-state index contributed by atoms with van der Waals surface area (Å²) in [5.74, 6) is -1.14. The summed E-state index contributed by atoms with van der Waals surface area (Å²) in [7, 11) is 1.18. The van der Waals surface area contributed by atoms with Crippen molar-refractivity contribution in [3.8, 4) is 0 Å². The van der Waals surface area contributed by atoms with E-state index in [1.54, 1.807) is 22.6 Å². The maximum atomic E-state index is 12.8. The fraction of sp³-hybridized carbons (Fsp3) is 0.222. The van der Waals surface area contributed by atoms with Crippen LogP contribution in [0.25, 0.3) is 0 Å². The average Bonchev–Trinajstić information content (AvgIpc) is 2.20. The summed E-state index contributed by atoms with van der Waals surface area (Å²) >= 11 is 1.78. The minimum Gasteiger partial charge on any atom is -0.467 e. The van der Waals surface area contributed by atoms with Gasteiger partial charge in [-0.1, -0.05) is 6.07 Å². The number of halogens is 2. The fourth-order valence-electron chi connectivity index (χ4n) is 0.930. The minimum absolute atomic E-state index is 0.322. The normalized spacial score (nSPS) is 12.3. The number of carbonyl (C=O) groups excluding carboxylic acids is 1. The first kappa shape index (κ1) is 11.4. The van der Waals surface area contributed by atoms with Crippen LogP contribution < -0.4 is 0 Å². The zero-order valence-electron chi connectivity index (χ0n) is 7.33. The van der Waals surface area contributed by atoms with Crippen LogP contribution in [-0.2, 0) is 9.53 Å². The van der Waals surface area contributed by atoms with Crippen LogP contribution in [0.3, 0.4) is 0 Å². The van der Waals surface area contributed by atoms with Gasteiger partial charge in [-0.25, -0.2) is 9.18 Å². The largest absolute Gasteiger partial charge is 0.467 e. The number of esters is 1. The second kappa shape index (κ2) is 4.70. The topological polar surface area (TPSA) is 46.5 Å². The Kier molecular flexibility index (Phi) is 3.82. The predicted octanol–water partition coefficient (Wildman–Crippen LogP) is 1.64. The number of hydrogen-bond donors (Lipinski definition) is 1. The number of methoxy groups -OCH3 is 1. The number of benzene rings is 1. The van der Waals surface area contributed by atoms with E-state index in [0.717, 1.165) is 0 Å². The van der Waals surface area contributed by atoms with Crippen molar-refractivity contribution >= 4 is 28.6 Å². The fourth-order valence-corrected chi connectivity index (χ4v) is 1.47. The molecule has 1 aromatic rings. The van der Waals surface area contributed by atoms with Crippen molar-refractivity contribution in [2.45, 2.75) is 6.10 Å². The van der Waals surface area contributed by atoms with Gasteiger partial charge < -0.3 is 9.84 Å². The maximum absolute atomic E-state index is 12.8. The molecule has 0 radical (unpaired) electrons. The molecule has 0 bridgehead atoms. The summed E-state index contributed by atoms with van der Waals surface area (Å²) in [5, 5.41) is 9.40. The maximum Gasteiger partial charge on any atom is 0.339 e. The Morgan fingerprint density at radius 2 is 2.29 bits per heavy atom. The first-order valence-electron chi connectivity index (χ1n) is 3.77. The third-order valence-electron chi connectivity index (χ3n) is 1.68. The number of carbonyl (C=O) groups is 1. The monoisotopic (exact) mass is 310 g/mol. The van der Waals surface area contributed by atoms with Crippen LogP contribution in [0.15, 0.2) is 18.2 Å². The van der Waals surface area contributed by atoms with E-state index in [2.05, 4.69) is 4.74 Å². The van der Waals surface area contributed by atoms with Gasteiger partial charge >= 0.3 is 5.97 Å². The lowest BCUT2D eigenvalue weighted by molar-refractivity contribution is -0.150. The Bertz CT molecular complexity index is 354. The Morgan fingerprint density at radius 1 is 1.64 bits per heavy atom. The highest BCUT2D eigenvalue weighted by Gasteiger charge is 2.18. The van der Waals surface area contributed by atoms with Gasteiger partial charge in [0.1, 0.15) is 5.82 Å². The number of rotatable bonds is 2. The van der Waals surface area contributed by atoms with Crippen molar-refractivity contribution in [2.24, 2.45) is 0 Å². The number of hydrogen-bond acceptors (Lipinski definition) is 3. The summed E-state index contributed by atoms with van der Waals surface area (Å²) < 4.78 is 17.5. The molecule has 1 aromatic carbocycles. The lowest BCUT2D eigenvalue weighted by atomic mass is 10.1. The van der Waals surface area contributed by atoms with Gasteiger partial charge in [-0.3, -0.25) is 0 Å². The molecule has 0 saturated carbocycles. The van der Waals surface area contributed by atoms with E-state index in [4.69, 9.17) is 0 Å². The first-order valence-corrected chi connectivity index (χ1v) is 4.85. The molecular formula is C9H8FIO3. The van der Waals surface area contributed by atoms with Gasteiger partial charge in [0.05, 0.1) is 7.11 Å². The minimum atomic E-state index is -1.35. The van der Waals surface area contributed by atoms with E-state index in [9.17, 15) is 14.3 Å². The van der Waals surface area contributed by atoms with E-state index < -0.39 is 12.1 Å². The van der Waals surface area contributed by atoms with Gasteiger partial charge in [-0.2, -0.15) is 0 Å². The second-order valence-corrected chi connectivity index (χ2v) is 3.76. The highest BCUT2D eigenvalue weighted by Crippen LogP contribution is 2.19. The van der Waals surface area contributed by atoms with Crippen molar-refractivity contribution < 1.29 is 19.0 Å². The SMILES string of the molecule is COC(=O)C(O)c1ccc(F)c(I)c1. The molecule has 0 saturated heterocycles. The molecule has 1 unspecified atom stereocenters. The molecule has 76 valence electrons. The number of aliphatic hydroxyl groups excluding tert-OH is 1. The zero-order valence-corrected chi connectivity index (χ0v) is 9.49. The Balaban J connectivity index is 2.96. The Hall–Kier alpha value is -0.690. The van der Waals surface area contributed by atoms with Gasteiger partial charge in [0.15, 0.2) is 6.10 Å². The summed E-state index contributed by atoms with van der Waals surface area (Å²) in [4.78, 5) is 10.9. The van der Waals surface area contributed by atoms with Gasteiger partial charge in [0.25, 0.3) is 0 Å². The molecular weight excluding hydrogens is 302 g/mol. The van der Waals surface area contributed by atoms with Crippen LogP contribution in [0.2, 0.25) is 0 Å². The molecule has 0 aliphatic heterocycles. The molecule has 5 heteroatoms. The van der Waals surface area contributed by atoms with Crippen LogP contribution in [-0.4, -0.2) is 18.2 Å². The number of ether oxygens (including phenoxy) is 1. The van der Waals surface area contributed by atoms with Gasteiger partial charge in [-0.15, -0.1) is 0 Å². The smallest absolute Gasteiger partial charge is 0.339 e. The second-order valence-electron chi connectivity index (χ2n) is 2.60. The van der Waals surface area contributed by atoms with Crippen molar-refractivity contribution in [3.63, 3.8) is 0 Å². The third kappa shape index (κ3) is 2.42. The summed E-state index contributed by atoms with van der Waals surface area (Å²) in [6.07, 6.45) is -1.35. The summed E-state index contributed by atoms with van der Waals surface area (Å²) in [5.41, 5.74) is 0.322. The molecule has 0 heterocycles. The number of aliphatic hydroxyl groups is 1. The standard InChI is InChI=1S/C9H8FIO3/c1-14-9(13)8(12)5-2-3-6(10)7(11)4-5/h2-4,8,12H,1H3. The summed E-state index contributed by atoms with van der Waals surface area (Å²) in [6.45, 7) is 0. The first-order chi connectivity index (χ1) is 6.56. The Labute approximate surface area is 94.0 Å². The molecule has 1 atom stereocenters. The highest BCUT2D eigenvalue weighted by molar-refractivity contribution is 14.1. The van der Waals surface area contributed by atoms with Crippen LogP contribution >= 0.6 is 22.6 Å². The lowest BCUT2D eigenvalue weighted by Gasteiger charge is -2.08. The molecule has 14 heavy (non-hydrogen) atoms.